The first-order chi connectivity index (χ1) is 18.4. The highest BCUT2D eigenvalue weighted by Gasteiger charge is 2.30. The molecule has 4 atom stereocenters. The number of aliphatic imine (C=N–C) groups is 1. The van der Waals surface area contributed by atoms with Crippen molar-refractivity contribution in [1.29, 1.82) is 0 Å². The molecule has 0 saturated carbocycles. The SMILES string of the molecule is CSCCC(NC(=O)C(CCCN=C(N)N)NC(=O)C(N)Cc1ccccc1)C(=O)NC(CC(C)C)C(=O)O. The van der Waals surface area contributed by atoms with E-state index in [4.69, 9.17) is 17.2 Å². The summed E-state index contributed by atoms with van der Waals surface area (Å²) in [6.07, 6.45) is 3.22. The van der Waals surface area contributed by atoms with Crippen LogP contribution >= 0.6 is 11.8 Å². The molecule has 1 aromatic rings. The van der Waals surface area contributed by atoms with Crippen molar-refractivity contribution < 1.29 is 24.3 Å². The lowest BCUT2D eigenvalue weighted by Crippen LogP contribution is -2.57. The normalized spacial score (nSPS) is 14.0. The van der Waals surface area contributed by atoms with Crippen LogP contribution in [0.4, 0.5) is 0 Å². The highest BCUT2D eigenvalue weighted by Crippen LogP contribution is 2.09. The lowest BCUT2D eigenvalue weighted by Gasteiger charge is -2.25. The monoisotopic (exact) mass is 565 g/mol. The van der Waals surface area contributed by atoms with Gasteiger partial charge in [-0.3, -0.25) is 19.4 Å². The van der Waals surface area contributed by atoms with Crippen LogP contribution in [0.15, 0.2) is 35.3 Å². The number of hydrogen-bond donors (Lipinski definition) is 7. The van der Waals surface area contributed by atoms with Gasteiger partial charge < -0.3 is 38.3 Å². The minimum atomic E-state index is -1.15. The summed E-state index contributed by atoms with van der Waals surface area (Å²) < 4.78 is 0. The first kappa shape index (κ1) is 33.7. The maximum Gasteiger partial charge on any atom is 0.326 e. The number of rotatable bonds is 18. The van der Waals surface area contributed by atoms with Gasteiger partial charge in [0.05, 0.1) is 6.04 Å². The van der Waals surface area contributed by atoms with Crippen LogP contribution in [0.2, 0.25) is 0 Å². The second-order valence-electron chi connectivity index (χ2n) is 9.68. The van der Waals surface area contributed by atoms with Gasteiger partial charge >= 0.3 is 5.97 Å². The molecule has 4 unspecified atom stereocenters. The second-order valence-corrected chi connectivity index (χ2v) is 10.7. The molecule has 0 spiro atoms. The van der Waals surface area contributed by atoms with Crippen molar-refractivity contribution in [2.24, 2.45) is 28.1 Å². The third kappa shape index (κ3) is 13.9. The second kappa shape index (κ2) is 18.1. The van der Waals surface area contributed by atoms with E-state index >= 15 is 0 Å². The van der Waals surface area contributed by atoms with Crippen LogP contribution in [-0.4, -0.2) is 77.5 Å². The summed E-state index contributed by atoms with van der Waals surface area (Å²) >= 11 is 1.48. The van der Waals surface area contributed by atoms with Gasteiger partial charge in [0.1, 0.15) is 18.1 Å². The first-order valence-corrected chi connectivity index (χ1v) is 14.3. The van der Waals surface area contributed by atoms with Gasteiger partial charge in [0.2, 0.25) is 17.7 Å². The van der Waals surface area contributed by atoms with Crippen molar-refractivity contribution in [3.63, 3.8) is 0 Å². The van der Waals surface area contributed by atoms with Crippen molar-refractivity contribution >= 4 is 41.4 Å². The molecule has 39 heavy (non-hydrogen) atoms. The molecule has 10 N–H and O–H groups in total. The van der Waals surface area contributed by atoms with E-state index in [1.165, 1.54) is 11.8 Å². The molecule has 0 saturated heterocycles. The zero-order valence-electron chi connectivity index (χ0n) is 22.9. The number of benzene rings is 1. The van der Waals surface area contributed by atoms with Gasteiger partial charge in [0.25, 0.3) is 0 Å². The molecule has 0 aliphatic rings. The van der Waals surface area contributed by atoms with Crippen molar-refractivity contribution in [1.82, 2.24) is 16.0 Å². The molecule has 13 heteroatoms. The van der Waals surface area contributed by atoms with E-state index in [9.17, 15) is 24.3 Å². The number of amides is 3. The molecule has 1 aromatic carbocycles. The Morgan fingerprint density at radius 1 is 0.923 bits per heavy atom. The Hall–Kier alpha value is -3.32. The number of hydrogen-bond acceptors (Lipinski definition) is 7. The van der Waals surface area contributed by atoms with E-state index in [-0.39, 0.29) is 44.1 Å². The summed E-state index contributed by atoms with van der Waals surface area (Å²) in [6.45, 7) is 3.95. The number of guanidine groups is 1. The van der Waals surface area contributed by atoms with Crippen molar-refractivity contribution in [2.75, 3.05) is 18.6 Å². The van der Waals surface area contributed by atoms with E-state index < -0.39 is 47.9 Å². The number of carboxylic acids is 1. The van der Waals surface area contributed by atoms with Gasteiger partial charge in [-0.05, 0) is 55.6 Å². The molecule has 1 rings (SSSR count). The lowest BCUT2D eigenvalue weighted by atomic mass is 10.0. The van der Waals surface area contributed by atoms with Gasteiger partial charge in [-0.25, -0.2) is 4.79 Å². The predicted molar refractivity (Wildman–Crippen MR) is 154 cm³/mol. The smallest absolute Gasteiger partial charge is 0.326 e. The highest BCUT2D eigenvalue weighted by atomic mass is 32.2. The maximum absolute atomic E-state index is 13.3. The Labute approximate surface area is 234 Å². The van der Waals surface area contributed by atoms with Crippen molar-refractivity contribution in [2.45, 2.75) is 70.1 Å². The molecular weight excluding hydrogens is 522 g/mol. The summed E-state index contributed by atoms with van der Waals surface area (Å²) in [5.41, 5.74) is 17.7. The molecule has 0 fully saturated rings. The lowest BCUT2D eigenvalue weighted by molar-refractivity contribution is -0.142. The van der Waals surface area contributed by atoms with Crippen molar-refractivity contribution in [3.05, 3.63) is 35.9 Å². The molecule has 3 amide bonds. The fraction of sp³-hybridized carbons (Fsp3) is 0.577. The minimum Gasteiger partial charge on any atom is -0.480 e. The Morgan fingerprint density at radius 3 is 2.03 bits per heavy atom. The highest BCUT2D eigenvalue weighted by molar-refractivity contribution is 7.98. The summed E-state index contributed by atoms with van der Waals surface area (Å²) in [4.78, 5) is 54.8. The number of carbonyl (C=O) groups is 4. The van der Waals surface area contributed by atoms with Crippen LogP contribution < -0.4 is 33.2 Å². The van der Waals surface area contributed by atoms with E-state index in [2.05, 4.69) is 20.9 Å². The number of nitrogens with zero attached hydrogens (tertiary/aromatic N) is 1. The van der Waals surface area contributed by atoms with Crippen LogP contribution in [0, 0.1) is 5.92 Å². The average molecular weight is 566 g/mol. The van der Waals surface area contributed by atoms with E-state index in [0.717, 1.165) is 5.56 Å². The number of carbonyl (C=O) groups excluding carboxylic acids is 3. The summed E-state index contributed by atoms with van der Waals surface area (Å²) in [7, 11) is 0. The van der Waals surface area contributed by atoms with Crippen LogP contribution in [0.3, 0.4) is 0 Å². The van der Waals surface area contributed by atoms with Gasteiger partial charge in [0.15, 0.2) is 5.96 Å². The first-order valence-electron chi connectivity index (χ1n) is 12.9. The number of carboxylic acid groups (broad SMARTS) is 1. The molecule has 218 valence electrons. The Kier molecular flexibility index (Phi) is 15.6. The molecule has 0 aliphatic heterocycles. The standard InChI is InChI=1S/C26H43N7O5S/c1-16(2)14-21(25(37)38)33-24(36)20(11-13-39-3)32-23(35)19(10-7-12-30-26(28)29)31-22(34)18(27)15-17-8-5-4-6-9-17/h4-6,8-9,16,18-21H,7,10-15,27H2,1-3H3,(H,31,34)(H,32,35)(H,33,36)(H,37,38)(H4,28,29,30). The molecule has 0 radical (unpaired) electrons. The fourth-order valence-corrected chi connectivity index (χ4v) is 4.23. The third-order valence-corrected chi connectivity index (χ3v) is 6.42. The zero-order valence-corrected chi connectivity index (χ0v) is 23.7. The topological polar surface area (TPSA) is 215 Å². The van der Waals surface area contributed by atoms with E-state index in [0.29, 0.717) is 12.2 Å². The summed E-state index contributed by atoms with van der Waals surface area (Å²) in [6, 6.07) is 5.26. The Balaban J connectivity index is 3.01. The van der Waals surface area contributed by atoms with Gasteiger partial charge in [-0.15, -0.1) is 0 Å². The van der Waals surface area contributed by atoms with Crippen LogP contribution in [-0.2, 0) is 25.6 Å². The summed E-state index contributed by atoms with van der Waals surface area (Å²) in [5, 5.41) is 17.4. The van der Waals surface area contributed by atoms with E-state index in [1.54, 1.807) is 0 Å². The predicted octanol–water partition coefficient (Wildman–Crippen LogP) is -0.0518. The zero-order chi connectivity index (χ0) is 29.4. The molecule has 0 bridgehead atoms. The number of thioether (sulfide) groups is 1. The molecule has 0 aromatic heterocycles. The molecule has 12 nitrogen and oxygen atoms in total. The number of nitrogens with two attached hydrogens (primary N) is 3. The van der Waals surface area contributed by atoms with Gasteiger partial charge in [-0.1, -0.05) is 44.2 Å². The fourth-order valence-electron chi connectivity index (χ4n) is 3.75. The minimum absolute atomic E-state index is 0.0375. The van der Waals surface area contributed by atoms with Gasteiger partial charge in [0, 0.05) is 6.54 Å². The maximum atomic E-state index is 13.3. The third-order valence-electron chi connectivity index (χ3n) is 5.78. The molecule has 0 heterocycles. The average Bonchev–Trinajstić information content (AvgIpc) is 2.87. The number of nitrogens with one attached hydrogen (secondary N) is 3. The van der Waals surface area contributed by atoms with Crippen LogP contribution in [0.5, 0.6) is 0 Å². The van der Waals surface area contributed by atoms with Gasteiger partial charge in [-0.2, -0.15) is 11.8 Å². The summed E-state index contributed by atoms with van der Waals surface area (Å²) in [5.74, 6) is -2.36. The largest absolute Gasteiger partial charge is 0.480 e. The van der Waals surface area contributed by atoms with Crippen LogP contribution in [0.25, 0.3) is 0 Å². The molecule has 0 aliphatic carbocycles. The Morgan fingerprint density at radius 2 is 1.49 bits per heavy atom. The Bertz CT molecular complexity index is 957. The van der Waals surface area contributed by atoms with Crippen LogP contribution in [0.1, 0.15) is 45.1 Å². The molecular formula is C26H43N7O5S. The van der Waals surface area contributed by atoms with Crippen molar-refractivity contribution in [3.8, 4) is 0 Å². The number of aliphatic carboxylic acids is 1. The van der Waals surface area contributed by atoms with E-state index in [1.807, 2.05) is 50.4 Å². The quantitative estimate of drug-likeness (QED) is 0.0720.